The molecule has 0 aliphatic carbocycles. The van der Waals surface area contributed by atoms with Gasteiger partial charge in [-0.05, 0) is 26.0 Å². The molecule has 0 fully saturated rings. The van der Waals surface area contributed by atoms with Crippen LogP contribution in [0.2, 0.25) is 0 Å². The van der Waals surface area contributed by atoms with Crippen LogP contribution in [-0.2, 0) is 17.9 Å². The molecule has 1 aromatic carbocycles. The van der Waals surface area contributed by atoms with Gasteiger partial charge in [0.05, 0.1) is 13.1 Å². The maximum atomic E-state index is 12.3. The first-order chi connectivity index (χ1) is 11.0. The Kier molecular flexibility index (Phi) is 4.10. The molecule has 120 valence electrons. The van der Waals surface area contributed by atoms with Crippen LogP contribution in [0.15, 0.2) is 24.3 Å². The smallest absolute Gasteiger partial charge is 0.251 e. The van der Waals surface area contributed by atoms with Gasteiger partial charge in [-0.1, -0.05) is 17.7 Å². The summed E-state index contributed by atoms with van der Waals surface area (Å²) in [7, 11) is 0. The molecule has 23 heavy (non-hydrogen) atoms. The first-order valence-electron chi connectivity index (χ1n) is 7.56. The number of carbonyl (C=O) groups is 2. The molecule has 0 unspecified atom stereocenters. The summed E-state index contributed by atoms with van der Waals surface area (Å²) in [6, 6.07) is 7.25. The molecule has 0 radical (unpaired) electrons. The van der Waals surface area contributed by atoms with E-state index in [4.69, 9.17) is 0 Å². The molecular weight excluding hydrogens is 294 g/mol. The van der Waals surface area contributed by atoms with Crippen molar-refractivity contribution < 1.29 is 9.59 Å². The number of nitrogens with zero attached hydrogens (tertiary/aromatic N) is 4. The molecular formula is C16H19N5O2. The number of nitrogens with one attached hydrogen (secondary N) is 1. The number of amides is 2. The third kappa shape index (κ3) is 3.23. The highest BCUT2D eigenvalue weighted by Crippen LogP contribution is 2.11. The van der Waals surface area contributed by atoms with E-state index in [2.05, 4.69) is 15.5 Å². The van der Waals surface area contributed by atoms with Crippen LogP contribution in [-0.4, -0.2) is 44.6 Å². The molecule has 2 amide bonds. The number of rotatable bonds is 3. The van der Waals surface area contributed by atoms with Gasteiger partial charge < -0.3 is 14.8 Å². The monoisotopic (exact) mass is 313 g/mol. The van der Waals surface area contributed by atoms with Gasteiger partial charge >= 0.3 is 0 Å². The number of benzene rings is 1. The van der Waals surface area contributed by atoms with Crippen LogP contribution >= 0.6 is 0 Å². The van der Waals surface area contributed by atoms with Crippen LogP contribution in [0.4, 0.5) is 0 Å². The molecule has 0 atom stereocenters. The van der Waals surface area contributed by atoms with E-state index in [1.165, 1.54) is 0 Å². The van der Waals surface area contributed by atoms with E-state index in [1.807, 2.05) is 30.5 Å². The molecule has 1 N–H and O–H groups in total. The molecule has 7 nitrogen and oxygen atoms in total. The maximum absolute atomic E-state index is 12.3. The molecule has 3 rings (SSSR count). The van der Waals surface area contributed by atoms with Crippen LogP contribution in [0.3, 0.4) is 0 Å². The Hall–Kier alpha value is -2.70. The molecule has 1 aliphatic heterocycles. The minimum absolute atomic E-state index is 0.0141. The SMILES string of the molecule is Cc1ccc(C(=O)NCC(=O)N2CCn3c(C)nnc3C2)cc1. The Morgan fingerprint density at radius 3 is 2.61 bits per heavy atom. The van der Waals surface area contributed by atoms with E-state index >= 15 is 0 Å². The molecule has 1 aliphatic rings. The molecule has 0 saturated carbocycles. The van der Waals surface area contributed by atoms with E-state index in [9.17, 15) is 9.59 Å². The Labute approximate surface area is 134 Å². The Balaban J connectivity index is 1.56. The predicted octanol–water partition coefficient (Wildman–Crippen LogP) is 0.667. The van der Waals surface area contributed by atoms with E-state index in [0.717, 1.165) is 17.2 Å². The highest BCUT2D eigenvalue weighted by molar-refractivity contribution is 5.96. The number of hydrogen-bond acceptors (Lipinski definition) is 4. The number of aromatic nitrogens is 3. The number of carbonyl (C=O) groups excluding carboxylic acids is 2. The minimum atomic E-state index is -0.241. The first kappa shape index (κ1) is 15.2. The average Bonchev–Trinajstić information content (AvgIpc) is 2.93. The second kappa shape index (κ2) is 6.20. The van der Waals surface area contributed by atoms with Gasteiger partial charge in [-0.15, -0.1) is 10.2 Å². The zero-order valence-corrected chi connectivity index (χ0v) is 13.2. The van der Waals surface area contributed by atoms with Crippen molar-refractivity contribution in [1.82, 2.24) is 25.0 Å². The van der Waals surface area contributed by atoms with Crippen molar-refractivity contribution in [1.29, 1.82) is 0 Å². The van der Waals surface area contributed by atoms with Crippen molar-refractivity contribution in [2.75, 3.05) is 13.1 Å². The van der Waals surface area contributed by atoms with Crippen molar-refractivity contribution >= 4 is 11.8 Å². The molecule has 0 bridgehead atoms. The van der Waals surface area contributed by atoms with Crippen LogP contribution in [0.1, 0.15) is 27.6 Å². The second-order valence-corrected chi connectivity index (χ2v) is 5.68. The summed E-state index contributed by atoms with van der Waals surface area (Å²) in [5.74, 6) is 1.29. The van der Waals surface area contributed by atoms with Crippen molar-refractivity contribution in [3.8, 4) is 0 Å². The van der Waals surface area contributed by atoms with Gasteiger partial charge in [0.15, 0.2) is 5.82 Å². The van der Waals surface area contributed by atoms with E-state index in [0.29, 0.717) is 25.2 Å². The largest absolute Gasteiger partial charge is 0.343 e. The van der Waals surface area contributed by atoms with E-state index in [-0.39, 0.29) is 18.4 Å². The average molecular weight is 313 g/mol. The summed E-state index contributed by atoms with van der Waals surface area (Å²) in [5.41, 5.74) is 1.64. The fraction of sp³-hybridized carbons (Fsp3) is 0.375. The minimum Gasteiger partial charge on any atom is -0.343 e. The molecule has 0 spiro atoms. The summed E-state index contributed by atoms with van der Waals surface area (Å²) in [6.45, 7) is 5.56. The third-order valence-electron chi connectivity index (χ3n) is 4.00. The quantitative estimate of drug-likeness (QED) is 0.903. The van der Waals surface area contributed by atoms with Gasteiger partial charge in [0.1, 0.15) is 5.82 Å². The van der Waals surface area contributed by atoms with E-state index in [1.54, 1.807) is 17.0 Å². The summed E-state index contributed by atoms with van der Waals surface area (Å²) < 4.78 is 2.01. The van der Waals surface area contributed by atoms with Crippen molar-refractivity contribution in [3.05, 3.63) is 47.0 Å². The van der Waals surface area contributed by atoms with Crippen LogP contribution in [0.25, 0.3) is 0 Å². The molecule has 7 heteroatoms. The van der Waals surface area contributed by atoms with Crippen molar-refractivity contribution in [2.45, 2.75) is 26.9 Å². The predicted molar refractivity (Wildman–Crippen MR) is 83.7 cm³/mol. The number of hydrogen-bond donors (Lipinski definition) is 1. The number of aryl methyl sites for hydroxylation is 2. The van der Waals surface area contributed by atoms with Gasteiger partial charge in [0.25, 0.3) is 5.91 Å². The highest BCUT2D eigenvalue weighted by atomic mass is 16.2. The van der Waals surface area contributed by atoms with Crippen LogP contribution in [0, 0.1) is 13.8 Å². The van der Waals surface area contributed by atoms with Gasteiger partial charge in [0.2, 0.25) is 5.91 Å². The molecule has 2 aromatic rings. The highest BCUT2D eigenvalue weighted by Gasteiger charge is 2.23. The topological polar surface area (TPSA) is 80.1 Å². The lowest BCUT2D eigenvalue weighted by Crippen LogP contribution is -2.44. The summed E-state index contributed by atoms with van der Waals surface area (Å²) in [6.07, 6.45) is 0. The number of fused-ring (bicyclic) bond motifs is 1. The van der Waals surface area contributed by atoms with Crippen molar-refractivity contribution in [3.63, 3.8) is 0 Å². The first-order valence-corrected chi connectivity index (χ1v) is 7.56. The molecule has 1 aromatic heterocycles. The van der Waals surface area contributed by atoms with Gasteiger partial charge in [-0.3, -0.25) is 9.59 Å². The lowest BCUT2D eigenvalue weighted by atomic mass is 10.1. The van der Waals surface area contributed by atoms with Gasteiger partial charge in [-0.25, -0.2) is 0 Å². The normalized spacial score (nSPS) is 13.6. The summed E-state index contributed by atoms with van der Waals surface area (Å²) in [5, 5.41) is 10.8. The van der Waals surface area contributed by atoms with Crippen LogP contribution < -0.4 is 5.32 Å². The lowest BCUT2D eigenvalue weighted by Gasteiger charge is -2.27. The summed E-state index contributed by atoms with van der Waals surface area (Å²) >= 11 is 0. The van der Waals surface area contributed by atoms with Crippen LogP contribution in [0.5, 0.6) is 0 Å². The van der Waals surface area contributed by atoms with E-state index < -0.39 is 0 Å². The Bertz CT molecular complexity index is 735. The van der Waals surface area contributed by atoms with Gasteiger partial charge in [0, 0.05) is 18.7 Å². The maximum Gasteiger partial charge on any atom is 0.251 e. The Morgan fingerprint density at radius 2 is 1.87 bits per heavy atom. The fourth-order valence-corrected chi connectivity index (χ4v) is 2.59. The molecule has 2 heterocycles. The van der Waals surface area contributed by atoms with Gasteiger partial charge in [-0.2, -0.15) is 0 Å². The third-order valence-corrected chi connectivity index (χ3v) is 4.00. The zero-order chi connectivity index (χ0) is 16.4. The lowest BCUT2D eigenvalue weighted by molar-refractivity contribution is -0.131. The standard InChI is InChI=1S/C16H19N5O2/c1-11-3-5-13(6-4-11)16(23)17-9-15(22)20-7-8-21-12(2)18-19-14(21)10-20/h3-6H,7-10H2,1-2H3,(H,17,23). The fourth-order valence-electron chi connectivity index (χ4n) is 2.59. The summed E-state index contributed by atoms with van der Waals surface area (Å²) in [4.78, 5) is 26.0. The van der Waals surface area contributed by atoms with Crippen molar-refractivity contribution in [2.24, 2.45) is 0 Å². The molecule has 0 saturated heterocycles. The second-order valence-electron chi connectivity index (χ2n) is 5.68. The Morgan fingerprint density at radius 1 is 1.13 bits per heavy atom. The zero-order valence-electron chi connectivity index (χ0n) is 13.2.